The Morgan fingerprint density at radius 1 is 1.35 bits per heavy atom. The molecule has 6 nitrogen and oxygen atoms in total. The number of carboxylic acid groups (broad SMARTS) is 1. The van der Waals surface area contributed by atoms with E-state index < -0.39 is 24.1 Å². The molecule has 1 aliphatic rings. The molecule has 0 heterocycles. The summed E-state index contributed by atoms with van der Waals surface area (Å²) >= 11 is 0. The van der Waals surface area contributed by atoms with Crippen molar-refractivity contribution in [3.63, 3.8) is 0 Å². The first-order valence-electron chi connectivity index (χ1n) is 5.73. The van der Waals surface area contributed by atoms with E-state index in [0.29, 0.717) is 5.92 Å². The lowest BCUT2D eigenvalue weighted by Crippen LogP contribution is -2.56. The Balaban J connectivity index is 2.50. The predicted octanol–water partition coefficient (Wildman–Crippen LogP) is 0.308. The quantitative estimate of drug-likeness (QED) is 0.559. The maximum absolute atomic E-state index is 11.6. The van der Waals surface area contributed by atoms with E-state index in [1.807, 2.05) is 13.8 Å². The number of aliphatic carboxylic acids is 1. The van der Waals surface area contributed by atoms with Gasteiger partial charge in [0, 0.05) is 5.54 Å². The second-order valence-corrected chi connectivity index (χ2v) is 5.15. The van der Waals surface area contributed by atoms with Crippen molar-refractivity contribution in [2.75, 3.05) is 0 Å². The molecule has 1 fully saturated rings. The van der Waals surface area contributed by atoms with Gasteiger partial charge in [0.15, 0.2) is 6.04 Å². The number of rotatable bonds is 5. The Morgan fingerprint density at radius 3 is 2.24 bits per heavy atom. The molecule has 0 aliphatic heterocycles. The van der Waals surface area contributed by atoms with Gasteiger partial charge in [0.25, 0.3) is 0 Å². The van der Waals surface area contributed by atoms with Crippen molar-refractivity contribution in [3.8, 4) is 0 Å². The molecule has 2 amide bonds. The zero-order valence-corrected chi connectivity index (χ0v) is 10.4. The Labute approximate surface area is 100 Å². The SMILES string of the molecule is CC(O)C(NC(=O)NC(C)(C)C1CC1)C(=O)O. The number of hydrogen-bond donors (Lipinski definition) is 4. The van der Waals surface area contributed by atoms with Gasteiger partial charge in [-0.1, -0.05) is 0 Å². The van der Waals surface area contributed by atoms with Crippen molar-refractivity contribution in [2.24, 2.45) is 5.92 Å². The molecule has 4 N–H and O–H groups in total. The van der Waals surface area contributed by atoms with E-state index in [4.69, 9.17) is 5.11 Å². The largest absolute Gasteiger partial charge is 0.480 e. The molecule has 6 heteroatoms. The minimum atomic E-state index is -1.29. The van der Waals surface area contributed by atoms with E-state index in [1.165, 1.54) is 6.92 Å². The predicted molar refractivity (Wildman–Crippen MR) is 61.6 cm³/mol. The highest BCUT2D eigenvalue weighted by atomic mass is 16.4. The van der Waals surface area contributed by atoms with Crippen LogP contribution in [0, 0.1) is 5.92 Å². The zero-order valence-electron chi connectivity index (χ0n) is 10.4. The van der Waals surface area contributed by atoms with E-state index >= 15 is 0 Å². The van der Waals surface area contributed by atoms with Gasteiger partial charge in [-0.2, -0.15) is 0 Å². The van der Waals surface area contributed by atoms with Crippen molar-refractivity contribution in [2.45, 2.75) is 51.3 Å². The average Bonchev–Trinajstić information content (AvgIpc) is 2.95. The molecule has 0 bridgehead atoms. The number of urea groups is 1. The van der Waals surface area contributed by atoms with Crippen LogP contribution in [-0.2, 0) is 4.79 Å². The summed E-state index contributed by atoms with van der Waals surface area (Å²) in [5.74, 6) is -0.803. The van der Waals surface area contributed by atoms with Gasteiger partial charge in [-0.3, -0.25) is 0 Å². The van der Waals surface area contributed by atoms with Gasteiger partial charge in [0.1, 0.15) is 0 Å². The second-order valence-electron chi connectivity index (χ2n) is 5.15. The number of nitrogens with one attached hydrogen (secondary N) is 2. The normalized spacial score (nSPS) is 19.3. The van der Waals surface area contributed by atoms with Crippen molar-refractivity contribution in [1.29, 1.82) is 0 Å². The summed E-state index contributed by atoms with van der Waals surface area (Å²) in [6.07, 6.45) is 1.01. The van der Waals surface area contributed by atoms with Crippen LogP contribution in [0.3, 0.4) is 0 Å². The summed E-state index contributed by atoms with van der Waals surface area (Å²) in [5.41, 5.74) is -0.341. The molecule has 0 spiro atoms. The first-order valence-corrected chi connectivity index (χ1v) is 5.73. The number of carboxylic acids is 1. The lowest BCUT2D eigenvalue weighted by atomic mass is 9.99. The van der Waals surface area contributed by atoms with Gasteiger partial charge in [0.05, 0.1) is 6.10 Å². The average molecular weight is 244 g/mol. The van der Waals surface area contributed by atoms with Crippen LogP contribution >= 0.6 is 0 Å². The highest BCUT2D eigenvalue weighted by Gasteiger charge is 2.39. The smallest absolute Gasteiger partial charge is 0.328 e. The summed E-state index contributed by atoms with van der Waals surface area (Å²) in [4.78, 5) is 22.4. The number of carbonyl (C=O) groups is 2. The first-order chi connectivity index (χ1) is 7.74. The number of carbonyl (C=O) groups excluding carboxylic acids is 1. The molecule has 0 radical (unpaired) electrons. The molecule has 2 unspecified atom stereocenters. The molecule has 17 heavy (non-hydrogen) atoms. The fourth-order valence-electron chi connectivity index (χ4n) is 1.77. The maximum atomic E-state index is 11.6. The Bertz CT molecular complexity index is 311. The highest BCUT2D eigenvalue weighted by molar-refractivity contribution is 5.83. The molecule has 0 saturated heterocycles. The van der Waals surface area contributed by atoms with Gasteiger partial charge in [0.2, 0.25) is 0 Å². The lowest BCUT2D eigenvalue weighted by molar-refractivity contribution is -0.141. The van der Waals surface area contributed by atoms with E-state index in [9.17, 15) is 14.7 Å². The van der Waals surface area contributed by atoms with Crippen LogP contribution in [-0.4, -0.2) is 39.9 Å². The summed E-state index contributed by atoms with van der Waals surface area (Å²) < 4.78 is 0. The molecular formula is C11H20N2O4. The molecule has 0 aromatic heterocycles. The third-order valence-corrected chi connectivity index (χ3v) is 3.07. The van der Waals surface area contributed by atoms with Crippen LogP contribution in [0.4, 0.5) is 4.79 Å². The van der Waals surface area contributed by atoms with Crippen molar-refractivity contribution in [1.82, 2.24) is 10.6 Å². The van der Waals surface area contributed by atoms with Gasteiger partial charge < -0.3 is 20.8 Å². The van der Waals surface area contributed by atoms with Crippen LogP contribution in [0.25, 0.3) is 0 Å². The Morgan fingerprint density at radius 2 is 1.88 bits per heavy atom. The molecule has 98 valence electrons. The molecule has 0 aromatic rings. The molecule has 1 saturated carbocycles. The minimum Gasteiger partial charge on any atom is -0.480 e. The summed E-state index contributed by atoms with van der Waals surface area (Å²) in [6, 6.07) is -1.85. The number of aliphatic hydroxyl groups excluding tert-OH is 1. The van der Waals surface area contributed by atoms with Gasteiger partial charge in [-0.25, -0.2) is 9.59 Å². The lowest BCUT2D eigenvalue weighted by Gasteiger charge is -2.27. The standard InChI is InChI=1S/C11H20N2O4/c1-6(14)8(9(15)16)12-10(17)13-11(2,3)7-4-5-7/h6-8,14H,4-5H2,1-3H3,(H,15,16)(H2,12,13,17). The summed E-state index contributed by atoms with van der Waals surface area (Å²) in [7, 11) is 0. The van der Waals surface area contributed by atoms with Crippen molar-refractivity contribution in [3.05, 3.63) is 0 Å². The third-order valence-electron chi connectivity index (χ3n) is 3.07. The summed E-state index contributed by atoms with van der Waals surface area (Å²) in [5, 5.41) is 23.0. The second kappa shape index (κ2) is 4.91. The van der Waals surface area contributed by atoms with Crippen LogP contribution in [0.1, 0.15) is 33.6 Å². The third kappa shape index (κ3) is 3.89. The fraction of sp³-hybridized carbons (Fsp3) is 0.818. The summed E-state index contributed by atoms with van der Waals surface area (Å²) in [6.45, 7) is 5.13. The zero-order chi connectivity index (χ0) is 13.2. The van der Waals surface area contributed by atoms with Crippen LogP contribution in [0.5, 0.6) is 0 Å². The molecule has 2 atom stereocenters. The van der Waals surface area contributed by atoms with E-state index in [0.717, 1.165) is 12.8 Å². The topological polar surface area (TPSA) is 98.7 Å². The minimum absolute atomic E-state index is 0.341. The van der Waals surface area contributed by atoms with E-state index in [-0.39, 0.29) is 5.54 Å². The van der Waals surface area contributed by atoms with Gasteiger partial charge >= 0.3 is 12.0 Å². The molecular weight excluding hydrogens is 224 g/mol. The monoisotopic (exact) mass is 244 g/mol. The first kappa shape index (κ1) is 13.8. The Kier molecular flexibility index (Phi) is 3.98. The number of hydrogen-bond acceptors (Lipinski definition) is 3. The van der Waals surface area contributed by atoms with Crippen LogP contribution in [0.15, 0.2) is 0 Å². The Hall–Kier alpha value is -1.30. The van der Waals surface area contributed by atoms with Gasteiger partial charge in [-0.15, -0.1) is 0 Å². The molecule has 1 aliphatic carbocycles. The highest BCUT2D eigenvalue weighted by Crippen LogP contribution is 2.39. The molecule has 1 rings (SSSR count). The fourth-order valence-corrected chi connectivity index (χ4v) is 1.77. The number of amides is 2. The number of aliphatic hydroxyl groups is 1. The van der Waals surface area contributed by atoms with Crippen molar-refractivity contribution < 1.29 is 19.8 Å². The van der Waals surface area contributed by atoms with E-state index in [2.05, 4.69) is 10.6 Å². The van der Waals surface area contributed by atoms with Crippen molar-refractivity contribution >= 4 is 12.0 Å². The van der Waals surface area contributed by atoms with Crippen LogP contribution in [0.2, 0.25) is 0 Å². The van der Waals surface area contributed by atoms with E-state index in [1.54, 1.807) is 0 Å². The molecule has 0 aromatic carbocycles. The maximum Gasteiger partial charge on any atom is 0.328 e. The van der Waals surface area contributed by atoms with Crippen LogP contribution < -0.4 is 10.6 Å². The van der Waals surface area contributed by atoms with Gasteiger partial charge in [-0.05, 0) is 39.5 Å².